The molecule has 0 spiro atoms. The SMILES string of the molecule is N#Cc1cc(F)c(Cl)c(Cl)c1. The van der Waals surface area contributed by atoms with E-state index in [0.717, 1.165) is 6.07 Å². The Morgan fingerprint density at radius 1 is 1.36 bits per heavy atom. The molecule has 0 aliphatic heterocycles. The molecule has 0 heterocycles. The molecule has 0 bridgehead atoms. The lowest BCUT2D eigenvalue weighted by Crippen LogP contribution is -1.81. The molecule has 0 aliphatic carbocycles. The Hall–Kier alpha value is -0.780. The minimum atomic E-state index is -0.671. The summed E-state index contributed by atoms with van der Waals surface area (Å²) in [6, 6.07) is 4.10. The molecule has 0 aliphatic rings. The molecule has 0 atom stereocenters. The Kier molecular flexibility index (Phi) is 2.33. The van der Waals surface area contributed by atoms with Crippen molar-refractivity contribution in [3.8, 4) is 6.07 Å². The minimum absolute atomic E-state index is 0.0585. The van der Waals surface area contributed by atoms with Crippen LogP contribution in [0.2, 0.25) is 10.0 Å². The van der Waals surface area contributed by atoms with Gasteiger partial charge in [-0.1, -0.05) is 23.2 Å². The lowest BCUT2D eigenvalue weighted by atomic mass is 10.2. The van der Waals surface area contributed by atoms with E-state index in [9.17, 15) is 4.39 Å². The molecule has 0 unspecified atom stereocenters. The fourth-order valence-electron chi connectivity index (χ4n) is 0.620. The molecule has 4 heteroatoms. The summed E-state index contributed by atoms with van der Waals surface area (Å²) in [5.74, 6) is -0.671. The molecule has 1 rings (SSSR count). The maximum absolute atomic E-state index is 12.7. The molecule has 0 fully saturated rings. The smallest absolute Gasteiger partial charge is 0.144 e. The van der Waals surface area contributed by atoms with Gasteiger partial charge in [0.1, 0.15) is 5.82 Å². The quantitative estimate of drug-likeness (QED) is 0.576. The number of nitriles is 1. The van der Waals surface area contributed by atoms with Gasteiger partial charge in [-0.3, -0.25) is 0 Å². The summed E-state index contributed by atoms with van der Waals surface area (Å²) in [5, 5.41) is 8.27. The standard InChI is InChI=1S/C7H2Cl2FN/c8-5-1-4(3-11)2-6(10)7(5)9/h1-2H. The van der Waals surface area contributed by atoms with E-state index in [1.54, 1.807) is 6.07 Å². The van der Waals surface area contributed by atoms with Crippen LogP contribution >= 0.6 is 23.2 Å². The van der Waals surface area contributed by atoms with Crippen LogP contribution in [0, 0.1) is 17.1 Å². The molecule has 0 aromatic heterocycles. The summed E-state index contributed by atoms with van der Waals surface area (Å²) < 4.78 is 12.7. The zero-order valence-corrected chi connectivity index (χ0v) is 6.75. The summed E-state index contributed by atoms with van der Waals surface area (Å²) in [6.07, 6.45) is 0. The van der Waals surface area contributed by atoms with Crippen molar-refractivity contribution in [2.24, 2.45) is 0 Å². The normalized spacial score (nSPS) is 9.27. The summed E-state index contributed by atoms with van der Waals surface area (Å²) in [7, 11) is 0. The first-order valence-electron chi connectivity index (χ1n) is 2.70. The van der Waals surface area contributed by atoms with E-state index >= 15 is 0 Å². The molecule has 1 aromatic carbocycles. The first kappa shape index (κ1) is 8.32. The zero-order valence-electron chi connectivity index (χ0n) is 5.24. The van der Waals surface area contributed by atoms with E-state index in [1.165, 1.54) is 6.07 Å². The van der Waals surface area contributed by atoms with Gasteiger partial charge in [-0.25, -0.2) is 4.39 Å². The third-order valence-electron chi connectivity index (χ3n) is 1.11. The van der Waals surface area contributed by atoms with Crippen LogP contribution in [0.1, 0.15) is 5.56 Å². The monoisotopic (exact) mass is 189 g/mol. The van der Waals surface area contributed by atoms with Gasteiger partial charge >= 0.3 is 0 Å². The highest BCUT2D eigenvalue weighted by molar-refractivity contribution is 6.42. The molecular formula is C7H2Cl2FN. The van der Waals surface area contributed by atoms with Gasteiger partial charge in [0.25, 0.3) is 0 Å². The first-order chi connectivity index (χ1) is 5.15. The Labute approximate surface area is 73.0 Å². The Morgan fingerprint density at radius 3 is 2.45 bits per heavy atom. The van der Waals surface area contributed by atoms with E-state index < -0.39 is 5.82 Å². The number of hydrogen-bond acceptors (Lipinski definition) is 1. The van der Waals surface area contributed by atoms with Crippen LogP contribution in [-0.2, 0) is 0 Å². The summed E-state index contributed by atoms with van der Waals surface area (Å²) in [4.78, 5) is 0. The van der Waals surface area contributed by atoms with E-state index in [0.29, 0.717) is 0 Å². The molecular weight excluding hydrogens is 188 g/mol. The van der Waals surface area contributed by atoms with Gasteiger partial charge in [-0.05, 0) is 12.1 Å². The van der Waals surface area contributed by atoms with Crippen LogP contribution < -0.4 is 0 Å². The largest absolute Gasteiger partial charge is 0.205 e. The third kappa shape index (κ3) is 1.62. The van der Waals surface area contributed by atoms with Crippen LogP contribution in [0.25, 0.3) is 0 Å². The number of benzene rings is 1. The molecule has 0 radical (unpaired) electrons. The number of nitrogens with zero attached hydrogens (tertiary/aromatic N) is 1. The Balaban J connectivity index is 3.35. The highest BCUT2D eigenvalue weighted by Gasteiger charge is 2.05. The van der Waals surface area contributed by atoms with Crippen LogP contribution in [0.3, 0.4) is 0 Å². The second kappa shape index (κ2) is 3.08. The predicted octanol–water partition coefficient (Wildman–Crippen LogP) is 3.00. The fraction of sp³-hybridized carbons (Fsp3) is 0. The fourth-order valence-corrected chi connectivity index (χ4v) is 0.937. The van der Waals surface area contributed by atoms with Crippen LogP contribution in [0.15, 0.2) is 12.1 Å². The van der Waals surface area contributed by atoms with Crippen LogP contribution in [0.4, 0.5) is 4.39 Å². The second-order valence-corrected chi connectivity index (χ2v) is 2.65. The molecule has 56 valence electrons. The maximum atomic E-state index is 12.7. The van der Waals surface area contributed by atoms with Crippen molar-refractivity contribution in [2.45, 2.75) is 0 Å². The van der Waals surface area contributed by atoms with Gasteiger partial charge in [0, 0.05) is 0 Å². The average Bonchev–Trinajstić information content (AvgIpc) is 1.99. The van der Waals surface area contributed by atoms with Crippen LogP contribution in [-0.4, -0.2) is 0 Å². The highest BCUT2D eigenvalue weighted by atomic mass is 35.5. The summed E-state index contributed by atoms with van der Waals surface area (Å²) >= 11 is 10.9. The summed E-state index contributed by atoms with van der Waals surface area (Å²) in [5.41, 5.74) is 0.164. The van der Waals surface area contributed by atoms with Gasteiger partial charge in [0.2, 0.25) is 0 Å². The third-order valence-corrected chi connectivity index (χ3v) is 1.89. The summed E-state index contributed by atoms with van der Waals surface area (Å²) in [6.45, 7) is 0. The van der Waals surface area contributed by atoms with E-state index in [1.807, 2.05) is 0 Å². The number of rotatable bonds is 0. The van der Waals surface area contributed by atoms with Gasteiger partial charge in [-0.2, -0.15) is 5.26 Å². The molecule has 0 N–H and O–H groups in total. The number of hydrogen-bond donors (Lipinski definition) is 0. The predicted molar refractivity (Wildman–Crippen MR) is 41.1 cm³/mol. The first-order valence-corrected chi connectivity index (χ1v) is 3.45. The van der Waals surface area contributed by atoms with Gasteiger partial charge < -0.3 is 0 Å². The van der Waals surface area contributed by atoms with E-state index in [2.05, 4.69) is 0 Å². The maximum Gasteiger partial charge on any atom is 0.144 e. The zero-order chi connectivity index (χ0) is 8.43. The van der Waals surface area contributed by atoms with E-state index in [-0.39, 0.29) is 15.6 Å². The molecule has 1 aromatic rings. The van der Waals surface area contributed by atoms with Crippen molar-refractivity contribution in [3.05, 3.63) is 33.6 Å². The topological polar surface area (TPSA) is 23.8 Å². The molecule has 0 saturated carbocycles. The molecule has 11 heavy (non-hydrogen) atoms. The minimum Gasteiger partial charge on any atom is -0.205 e. The van der Waals surface area contributed by atoms with Crippen molar-refractivity contribution >= 4 is 23.2 Å². The van der Waals surface area contributed by atoms with Crippen molar-refractivity contribution < 1.29 is 4.39 Å². The Morgan fingerprint density at radius 2 is 2.00 bits per heavy atom. The van der Waals surface area contributed by atoms with Crippen molar-refractivity contribution in [1.82, 2.24) is 0 Å². The van der Waals surface area contributed by atoms with Crippen molar-refractivity contribution in [1.29, 1.82) is 5.26 Å². The lowest BCUT2D eigenvalue weighted by Gasteiger charge is -1.96. The van der Waals surface area contributed by atoms with Gasteiger partial charge in [0.15, 0.2) is 0 Å². The lowest BCUT2D eigenvalue weighted by molar-refractivity contribution is 0.628. The molecule has 0 saturated heterocycles. The van der Waals surface area contributed by atoms with Crippen molar-refractivity contribution in [3.63, 3.8) is 0 Å². The molecule has 0 amide bonds. The second-order valence-electron chi connectivity index (χ2n) is 1.87. The van der Waals surface area contributed by atoms with Gasteiger partial charge in [-0.15, -0.1) is 0 Å². The van der Waals surface area contributed by atoms with Crippen LogP contribution in [0.5, 0.6) is 0 Å². The highest BCUT2D eigenvalue weighted by Crippen LogP contribution is 2.25. The average molecular weight is 190 g/mol. The Bertz CT molecular complexity index is 307. The number of halogens is 3. The van der Waals surface area contributed by atoms with Crippen molar-refractivity contribution in [2.75, 3.05) is 0 Å². The van der Waals surface area contributed by atoms with E-state index in [4.69, 9.17) is 28.5 Å². The van der Waals surface area contributed by atoms with Gasteiger partial charge in [0.05, 0.1) is 21.7 Å². The molecule has 1 nitrogen and oxygen atoms in total.